The molecule has 2 aromatic carbocycles. The number of carbonyl (C=O) groups is 3. The summed E-state index contributed by atoms with van der Waals surface area (Å²) in [5.74, 6) is -1.20. The number of halogens is 3. The van der Waals surface area contributed by atoms with Crippen LogP contribution in [0.3, 0.4) is 0 Å². The summed E-state index contributed by atoms with van der Waals surface area (Å²) in [6, 6.07) is 11.7. The van der Waals surface area contributed by atoms with Crippen LogP contribution in [0.25, 0.3) is 0 Å². The highest BCUT2D eigenvalue weighted by molar-refractivity contribution is 6.35. The van der Waals surface area contributed by atoms with Crippen LogP contribution in [-0.2, 0) is 14.3 Å². The molecule has 0 radical (unpaired) electrons. The van der Waals surface area contributed by atoms with Crippen molar-refractivity contribution in [3.63, 3.8) is 0 Å². The molecule has 8 heteroatoms. The van der Waals surface area contributed by atoms with Gasteiger partial charge in [-0.3, -0.25) is 14.4 Å². The molecule has 0 bridgehead atoms. The fourth-order valence-corrected chi connectivity index (χ4v) is 3.74. The predicted octanol–water partition coefficient (Wildman–Crippen LogP) is 5.85. The Morgan fingerprint density at radius 3 is 2.29 bits per heavy atom. The van der Waals surface area contributed by atoms with Crippen molar-refractivity contribution >= 4 is 52.5 Å². The summed E-state index contributed by atoms with van der Waals surface area (Å²) >= 11 is 18.0. The fourth-order valence-electron chi connectivity index (χ4n) is 3.05. The van der Waals surface area contributed by atoms with E-state index in [-0.39, 0.29) is 24.5 Å². The second-order valence-corrected chi connectivity index (χ2v) is 8.33. The first-order valence-electron chi connectivity index (χ1n) is 9.96. The molecule has 2 rings (SSSR count). The molecular weight excluding hydrogens is 461 g/mol. The minimum atomic E-state index is -0.608. The molecule has 1 amide bonds. The van der Waals surface area contributed by atoms with E-state index in [1.807, 2.05) is 13.0 Å². The predicted molar refractivity (Wildman–Crippen MR) is 123 cm³/mol. The van der Waals surface area contributed by atoms with Crippen LogP contribution in [0.2, 0.25) is 15.1 Å². The average molecular weight is 485 g/mol. The molecule has 0 saturated carbocycles. The molecule has 31 heavy (non-hydrogen) atoms. The van der Waals surface area contributed by atoms with E-state index in [4.69, 9.17) is 39.5 Å². The van der Waals surface area contributed by atoms with E-state index in [1.165, 1.54) is 0 Å². The number of carbonyl (C=O) groups excluding carboxylic acids is 3. The van der Waals surface area contributed by atoms with E-state index in [2.05, 4.69) is 5.32 Å². The number of ketones is 1. The van der Waals surface area contributed by atoms with Crippen LogP contribution in [0, 0.1) is 0 Å². The van der Waals surface area contributed by atoms with E-state index in [0.717, 1.165) is 18.4 Å². The number of Topliss-reactive ketones (excluding diaryl/α,β-unsaturated/α-hetero) is 1. The Morgan fingerprint density at radius 2 is 1.65 bits per heavy atom. The van der Waals surface area contributed by atoms with Gasteiger partial charge in [-0.15, -0.1) is 0 Å². The summed E-state index contributed by atoms with van der Waals surface area (Å²) in [4.78, 5) is 36.0. The standard InChI is InChI=1S/C23H24Cl3NO4/c1-2-3-16(19-9-8-18(25)12-20(19)26)13-27-22(29)14-31-23(30)11-10-21(28)15-4-6-17(24)7-5-15/h4-9,12,16H,2-3,10-11,13-14H2,1H3,(H,27,29)/t16-/m1/s1. The van der Waals surface area contributed by atoms with Crippen LogP contribution in [0.15, 0.2) is 42.5 Å². The third kappa shape index (κ3) is 8.52. The summed E-state index contributed by atoms with van der Waals surface area (Å²) in [7, 11) is 0. The zero-order valence-electron chi connectivity index (χ0n) is 17.1. The van der Waals surface area contributed by atoms with Crippen LogP contribution in [-0.4, -0.2) is 30.8 Å². The molecular formula is C23H24Cl3NO4. The third-order valence-corrected chi connectivity index (χ3v) is 5.49. The van der Waals surface area contributed by atoms with Gasteiger partial charge in [0, 0.05) is 39.5 Å². The van der Waals surface area contributed by atoms with Crippen molar-refractivity contribution in [3.05, 3.63) is 68.7 Å². The topological polar surface area (TPSA) is 72.5 Å². The van der Waals surface area contributed by atoms with Gasteiger partial charge in [-0.05, 0) is 48.4 Å². The van der Waals surface area contributed by atoms with Crippen molar-refractivity contribution < 1.29 is 19.1 Å². The Hall–Kier alpha value is -2.08. The maximum absolute atomic E-state index is 12.1. The number of amides is 1. The summed E-state index contributed by atoms with van der Waals surface area (Å²) in [6.07, 6.45) is 1.63. The lowest BCUT2D eigenvalue weighted by molar-refractivity contribution is -0.148. The highest BCUT2D eigenvalue weighted by atomic mass is 35.5. The first-order valence-corrected chi connectivity index (χ1v) is 11.1. The minimum Gasteiger partial charge on any atom is -0.456 e. The zero-order valence-corrected chi connectivity index (χ0v) is 19.4. The lowest BCUT2D eigenvalue weighted by atomic mass is 9.94. The Balaban J connectivity index is 1.76. The van der Waals surface area contributed by atoms with E-state index in [0.29, 0.717) is 27.2 Å². The fraction of sp³-hybridized carbons (Fsp3) is 0.348. The largest absolute Gasteiger partial charge is 0.456 e. The number of hydrogen-bond acceptors (Lipinski definition) is 4. The van der Waals surface area contributed by atoms with E-state index >= 15 is 0 Å². The highest BCUT2D eigenvalue weighted by Crippen LogP contribution is 2.30. The molecule has 0 unspecified atom stereocenters. The van der Waals surface area contributed by atoms with Crippen molar-refractivity contribution in [2.75, 3.05) is 13.2 Å². The monoisotopic (exact) mass is 483 g/mol. The number of nitrogens with one attached hydrogen (secondary N) is 1. The van der Waals surface area contributed by atoms with Gasteiger partial charge in [0.25, 0.3) is 5.91 Å². The van der Waals surface area contributed by atoms with Crippen LogP contribution in [0.5, 0.6) is 0 Å². The summed E-state index contributed by atoms with van der Waals surface area (Å²) in [5, 5.41) is 4.40. The summed E-state index contributed by atoms with van der Waals surface area (Å²) < 4.78 is 4.98. The third-order valence-electron chi connectivity index (χ3n) is 4.67. The lowest BCUT2D eigenvalue weighted by Crippen LogP contribution is -2.32. The van der Waals surface area contributed by atoms with Crippen molar-refractivity contribution in [3.8, 4) is 0 Å². The molecule has 1 atom stereocenters. The summed E-state index contributed by atoms with van der Waals surface area (Å²) in [6.45, 7) is 2.01. The molecule has 0 aliphatic rings. The molecule has 0 saturated heterocycles. The summed E-state index contributed by atoms with van der Waals surface area (Å²) in [5.41, 5.74) is 1.38. The van der Waals surface area contributed by atoms with Crippen molar-refractivity contribution in [2.24, 2.45) is 0 Å². The van der Waals surface area contributed by atoms with Gasteiger partial charge in [-0.1, -0.05) is 54.2 Å². The Morgan fingerprint density at radius 1 is 0.968 bits per heavy atom. The van der Waals surface area contributed by atoms with Crippen LogP contribution >= 0.6 is 34.8 Å². The molecule has 0 heterocycles. The Labute approximate surface area is 197 Å². The number of benzene rings is 2. The lowest BCUT2D eigenvalue weighted by Gasteiger charge is -2.19. The van der Waals surface area contributed by atoms with Crippen LogP contribution in [0.4, 0.5) is 0 Å². The van der Waals surface area contributed by atoms with Gasteiger partial charge in [0.2, 0.25) is 0 Å². The zero-order chi connectivity index (χ0) is 22.8. The Kier molecular flexibility index (Phi) is 10.3. The van der Waals surface area contributed by atoms with E-state index in [9.17, 15) is 14.4 Å². The number of rotatable bonds is 11. The van der Waals surface area contributed by atoms with Gasteiger partial charge in [0.05, 0.1) is 6.42 Å². The molecule has 2 aromatic rings. The van der Waals surface area contributed by atoms with Gasteiger partial charge in [0.1, 0.15) is 0 Å². The number of esters is 1. The van der Waals surface area contributed by atoms with Gasteiger partial charge < -0.3 is 10.1 Å². The minimum absolute atomic E-state index is 0.00424. The van der Waals surface area contributed by atoms with Crippen molar-refractivity contribution in [1.29, 1.82) is 0 Å². The second kappa shape index (κ2) is 12.7. The maximum atomic E-state index is 12.1. The van der Waals surface area contributed by atoms with Crippen molar-refractivity contribution in [1.82, 2.24) is 5.32 Å². The quantitative estimate of drug-likeness (QED) is 0.320. The van der Waals surface area contributed by atoms with Gasteiger partial charge >= 0.3 is 5.97 Å². The SMILES string of the molecule is CCC[C@H](CNC(=O)COC(=O)CCC(=O)c1ccc(Cl)cc1)c1ccc(Cl)cc1Cl. The van der Waals surface area contributed by atoms with Crippen LogP contribution < -0.4 is 5.32 Å². The molecule has 0 spiro atoms. The highest BCUT2D eigenvalue weighted by Gasteiger charge is 2.17. The molecule has 5 nitrogen and oxygen atoms in total. The normalized spacial score (nSPS) is 11.6. The number of ether oxygens (including phenoxy) is 1. The first kappa shape index (κ1) is 25.2. The molecule has 0 aliphatic heterocycles. The van der Waals surface area contributed by atoms with E-state index < -0.39 is 18.5 Å². The van der Waals surface area contributed by atoms with Gasteiger partial charge in [0.15, 0.2) is 12.4 Å². The first-order chi connectivity index (χ1) is 14.8. The second-order valence-electron chi connectivity index (χ2n) is 7.05. The molecule has 0 aromatic heterocycles. The molecule has 0 aliphatic carbocycles. The Bertz CT molecular complexity index is 916. The van der Waals surface area contributed by atoms with Crippen LogP contribution in [0.1, 0.15) is 54.4 Å². The molecule has 1 N–H and O–H groups in total. The molecule has 166 valence electrons. The number of hydrogen-bond donors (Lipinski definition) is 1. The van der Waals surface area contributed by atoms with Gasteiger partial charge in [-0.2, -0.15) is 0 Å². The van der Waals surface area contributed by atoms with Crippen molar-refractivity contribution in [2.45, 2.75) is 38.5 Å². The average Bonchev–Trinajstić information content (AvgIpc) is 2.74. The molecule has 0 fully saturated rings. The smallest absolute Gasteiger partial charge is 0.306 e. The van der Waals surface area contributed by atoms with E-state index in [1.54, 1.807) is 36.4 Å². The van der Waals surface area contributed by atoms with Gasteiger partial charge in [-0.25, -0.2) is 0 Å². The maximum Gasteiger partial charge on any atom is 0.306 e.